The highest BCUT2D eigenvalue weighted by Crippen LogP contribution is 2.27. The summed E-state index contributed by atoms with van der Waals surface area (Å²) in [5.74, 6) is 0.864. The second kappa shape index (κ2) is 7.83. The minimum atomic E-state index is -0.450. The fraction of sp³-hybridized carbons (Fsp3) is 0.600. The summed E-state index contributed by atoms with van der Waals surface area (Å²) in [5.41, 5.74) is 0.552. The van der Waals surface area contributed by atoms with E-state index in [0.29, 0.717) is 17.4 Å². The molecule has 0 fully saturated rings. The number of aliphatic hydroxyl groups excluding tert-OH is 1. The van der Waals surface area contributed by atoms with Crippen LogP contribution in [0.15, 0.2) is 18.2 Å². The first-order valence-corrected chi connectivity index (χ1v) is 7.15. The van der Waals surface area contributed by atoms with Crippen LogP contribution in [0, 0.1) is 16.0 Å². The van der Waals surface area contributed by atoms with E-state index in [2.05, 4.69) is 19.2 Å². The molecule has 0 spiro atoms. The first-order valence-electron chi connectivity index (χ1n) is 7.15. The van der Waals surface area contributed by atoms with Crippen LogP contribution < -0.4 is 10.1 Å². The molecular formula is C15H24N2O4. The molecule has 118 valence electrons. The van der Waals surface area contributed by atoms with Gasteiger partial charge in [-0.05, 0) is 26.2 Å². The minimum absolute atomic E-state index is 0.0265. The molecule has 0 saturated carbocycles. The van der Waals surface area contributed by atoms with E-state index in [1.807, 2.05) is 13.8 Å². The molecule has 0 aromatic heterocycles. The van der Waals surface area contributed by atoms with Gasteiger partial charge in [0.25, 0.3) is 5.69 Å². The van der Waals surface area contributed by atoms with Crippen LogP contribution in [0.1, 0.15) is 34.1 Å². The van der Waals surface area contributed by atoms with Gasteiger partial charge in [0.15, 0.2) is 0 Å². The van der Waals surface area contributed by atoms with E-state index in [9.17, 15) is 15.2 Å². The highest BCUT2D eigenvalue weighted by atomic mass is 16.6. The molecule has 1 aromatic rings. The van der Waals surface area contributed by atoms with Gasteiger partial charge >= 0.3 is 0 Å². The number of non-ortho nitro benzene ring substituents is 1. The number of nitrogens with zero attached hydrogens (tertiary/aromatic N) is 1. The predicted molar refractivity (Wildman–Crippen MR) is 82.8 cm³/mol. The second-order valence-electron chi connectivity index (χ2n) is 5.79. The molecule has 6 heteroatoms. The molecule has 1 atom stereocenters. The summed E-state index contributed by atoms with van der Waals surface area (Å²) in [6.45, 7) is 7.82. The summed E-state index contributed by atoms with van der Waals surface area (Å²) in [6.07, 6.45) is 0.712. The molecule has 1 aromatic carbocycles. The number of hydrogen-bond acceptors (Lipinski definition) is 5. The van der Waals surface area contributed by atoms with Gasteiger partial charge in [0.2, 0.25) is 0 Å². The summed E-state index contributed by atoms with van der Waals surface area (Å²) in [7, 11) is 0. The first-order chi connectivity index (χ1) is 9.81. The lowest BCUT2D eigenvalue weighted by molar-refractivity contribution is -0.384. The van der Waals surface area contributed by atoms with Crippen molar-refractivity contribution in [2.45, 2.75) is 46.3 Å². The van der Waals surface area contributed by atoms with Crippen molar-refractivity contribution < 1.29 is 14.8 Å². The van der Waals surface area contributed by atoms with Crippen molar-refractivity contribution in [2.75, 3.05) is 11.9 Å². The van der Waals surface area contributed by atoms with Crippen molar-refractivity contribution in [3.05, 3.63) is 28.3 Å². The van der Waals surface area contributed by atoms with Crippen LogP contribution in [0.4, 0.5) is 11.4 Å². The monoisotopic (exact) mass is 296 g/mol. The van der Waals surface area contributed by atoms with Gasteiger partial charge in [0.05, 0.1) is 23.7 Å². The number of aliphatic hydroxyl groups is 1. The number of anilines is 1. The van der Waals surface area contributed by atoms with Crippen molar-refractivity contribution in [1.82, 2.24) is 0 Å². The van der Waals surface area contributed by atoms with E-state index in [1.54, 1.807) is 6.07 Å². The van der Waals surface area contributed by atoms with E-state index in [1.165, 1.54) is 12.1 Å². The highest BCUT2D eigenvalue weighted by Gasteiger charge is 2.15. The topological polar surface area (TPSA) is 84.6 Å². The predicted octanol–water partition coefficient (Wildman–Crippen LogP) is 3.20. The van der Waals surface area contributed by atoms with Gasteiger partial charge in [-0.15, -0.1) is 0 Å². The molecule has 0 heterocycles. The molecular weight excluding hydrogens is 272 g/mol. The number of ether oxygens (including phenoxy) is 1. The highest BCUT2D eigenvalue weighted by molar-refractivity contribution is 5.56. The molecule has 2 N–H and O–H groups in total. The van der Waals surface area contributed by atoms with E-state index >= 15 is 0 Å². The van der Waals surface area contributed by atoms with Crippen LogP contribution in [0.25, 0.3) is 0 Å². The van der Waals surface area contributed by atoms with E-state index in [4.69, 9.17) is 4.74 Å². The van der Waals surface area contributed by atoms with Crippen LogP contribution >= 0.6 is 0 Å². The van der Waals surface area contributed by atoms with Gasteiger partial charge in [-0.25, -0.2) is 0 Å². The number of rotatable bonds is 8. The Morgan fingerprint density at radius 1 is 1.29 bits per heavy atom. The van der Waals surface area contributed by atoms with Crippen LogP contribution in [-0.4, -0.2) is 28.8 Å². The van der Waals surface area contributed by atoms with Crippen molar-refractivity contribution in [1.29, 1.82) is 0 Å². The summed E-state index contributed by atoms with van der Waals surface area (Å²) in [4.78, 5) is 10.5. The molecule has 0 aliphatic rings. The molecule has 1 rings (SSSR count). The minimum Gasteiger partial charge on any atom is -0.491 e. The Kier molecular flexibility index (Phi) is 6.42. The maximum absolute atomic E-state index is 11.0. The smallest absolute Gasteiger partial charge is 0.275 e. The summed E-state index contributed by atoms with van der Waals surface area (Å²) < 4.78 is 5.54. The molecule has 0 amide bonds. The SMILES string of the molecule is CC(C)CC(CO)Nc1cc(OC(C)C)cc([N+](=O)[O-])c1. The van der Waals surface area contributed by atoms with Crippen LogP contribution in [0.5, 0.6) is 5.75 Å². The van der Waals surface area contributed by atoms with Gasteiger partial charge in [-0.1, -0.05) is 13.8 Å². The van der Waals surface area contributed by atoms with Gasteiger partial charge in [-0.2, -0.15) is 0 Å². The largest absolute Gasteiger partial charge is 0.491 e. The van der Waals surface area contributed by atoms with E-state index in [-0.39, 0.29) is 24.4 Å². The Bertz CT molecular complexity index is 475. The third-order valence-corrected chi connectivity index (χ3v) is 2.82. The zero-order valence-electron chi connectivity index (χ0n) is 13.0. The number of hydrogen-bond donors (Lipinski definition) is 2. The Balaban J connectivity index is 2.98. The standard InChI is InChI=1S/C15H24N2O4/c1-10(2)5-13(9-18)16-12-6-14(17(19)20)8-15(7-12)21-11(3)4/h6-8,10-11,13,16,18H,5,9H2,1-4H3. The maximum Gasteiger partial charge on any atom is 0.275 e. The average molecular weight is 296 g/mol. The lowest BCUT2D eigenvalue weighted by Gasteiger charge is -2.20. The third kappa shape index (κ3) is 5.99. The zero-order valence-corrected chi connectivity index (χ0v) is 13.0. The molecule has 0 radical (unpaired) electrons. The molecule has 0 aliphatic heterocycles. The van der Waals surface area contributed by atoms with Gasteiger partial charge in [0.1, 0.15) is 5.75 Å². The third-order valence-electron chi connectivity index (χ3n) is 2.82. The van der Waals surface area contributed by atoms with Gasteiger partial charge in [-0.3, -0.25) is 10.1 Å². The molecule has 1 unspecified atom stereocenters. The Morgan fingerprint density at radius 2 is 1.95 bits per heavy atom. The second-order valence-corrected chi connectivity index (χ2v) is 5.79. The fourth-order valence-corrected chi connectivity index (χ4v) is 2.10. The number of nitro benzene ring substituents is 1. The van der Waals surface area contributed by atoms with Crippen molar-refractivity contribution >= 4 is 11.4 Å². The van der Waals surface area contributed by atoms with E-state index < -0.39 is 4.92 Å². The fourth-order valence-electron chi connectivity index (χ4n) is 2.10. The molecule has 21 heavy (non-hydrogen) atoms. The van der Waals surface area contributed by atoms with Crippen molar-refractivity contribution in [3.63, 3.8) is 0 Å². The lowest BCUT2D eigenvalue weighted by atomic mass is 10.0. The van der Waals surface area contributed by atoms with E-state index in [0.717, 1.165) is 6.42 Å². The normalized spacial score (nSPS) is 12.5. The quantitative estimate of drug-likeness (QED) is 0.568. The summed E-state index contributed by atoms with van der Waals surface area (Å²) >= 11 is 0. The number of nitrogens with one attached hydrogen (secondary N) is 1. The molecule has 0 saturated heterocycles. The Labute approximate surface area is 125 Å². The van der Waals surface area contributed by atoms with Crippen LogP contribution in [0.3, 0.4) is 0 Å². The van der Waals surface area contributed by atoms with Gasteiger partial charge in [0, 0.05) is 23.9 Å². The first kappa shape index (κ1) is 17.2. The molecule has 0 bridgehead atoms. The Morgan fingerprint density at radius 3 is 2.43 bits per heavy atom. The number of nitro groups is 1. The van der Waals surface area contributed by atoms with Crippen molar-refractivity contribution in [3.8, 4) is 5.75 Å². The van der Waals surface area contributed by atoms with Gasteiger partial charge < -0.3 is 15.2 Å². The summed E-state index contributed by atoms with van der Waals surface area (Å²) in [5, 5.41) is 23.5. The van der Waals surface area contributed by atoms with Crippen LogP contribution in [-0.2, 0) is 0 Å². The zero-order chi connectivity index (χ0) is 16.0. The average Bonchev–Trinajstić information content (AvgIpc) is 2.36. The van der Waals surface area contributed by atoms with Crippen molar-refractivity contribution in [2.24, 2.45) is 5.92 Å². The molecule has 6 nitrogen and oxygen atoms in total. The lowest BCUT2D eigenvalue weighted by Crippen LogP contribution is -2.25. The Hall–Kier alpha value is -1.82. The molecule has 0 aliphatic carbocycles. The number of benzene rings is 1. The van der Waals surface area contributed by atoms with Crippen LogP contribution in [0.2, 0.25) is 0 Å². The maximum atomic E-state index is 11.0. The summed E-state index contributed by atoms with van der Waals surface area (Å²) in [6, 6.07) is 4.44.